The van der Waals surface area contributed by atoms with E-state index in [9.17, 15) is 0 Å². The fourth-order valence-electron chi connectivity index (χ4n) is 9.73. The van der Waals surface area contributed by atoms with E-state index in [1.54, 1.807) is 0 Å². The molecule has 0 fully saturated rings. The maximum Gasteiger partial charge on any atom is 0.135 e. The van der Waals surface area contributed by atoms with Gasteiger partial charge in [0, 0.05) is 81.7 Å². The molecule has 11 aromatic rings. The number of ether oxygens (including phenoxy) is 1. The van der Waals surface area contributed by atoms with Crippen LogP contribution in [-0.2, 0) is 31.9 Å². The van der Waals surface area contributed by atoms with Crippen molar-refractivity contribution in [3.05, 3.63) is 212 Å². The monoisotopic (exact) mass is 1090 g/mol. The molecule has 0 N–H and O–H groups in total. The summed E-state index contributed by atoms with van der Waals surface area (Å²) in [5.74, 6) is 2.08. The second-order valence-corrected chi connectivity index (χ2v) is 20.8. The van der Waals surface area contributed by atoms with Crippen LogP contribution >= 0.6 is 11.3 Å². The number of benzene rings is 8. The van der Waals surface area contributed by atoms with Gasteiger partial charge in [-0.2, -0.15) is 6.07 Å². The van der Waals surface area contributed by atoms with Crippen molar-refractivity contribution >= 4 is 76.1 Å². The maximum atomic E-state index is 6.98. The number of pyridine rings is 1. The van der Waals surface area contributed by atoms with E-state index >= 15 is 0 Å². The molecule has 0 atom stereocenters. The van der Waals surface area contributed by atoms with Crippen LogP contribution in [0.5, 0.6) is 11.5 Å². The molecule has 8 aromatic carbocycles. The number of hydrogen-bond donors (Lipinski definition) is 0. The van der Waals surface area contributed by atoms with Crippen LogP contribution in [-0.4, -0.2) is 9.55 Å². The number of anilines is 4. The molecule has 0 bridgehead atoms. The van der Waals surface area contributed by atoms with Crippen LogP contribution in [0, 0.1) is 18.8 Å². The molecule has 0 saturated heterocycles. The first-order chi connectivity index (χ1) is 33.0. The molecule has 0 amide bonds. The summed E-state index contributed by atoms with van der Waals surface area (Å²) in [6, 6.07) is 70.2. The summed E-state index contributed by atoms with van der Waals surface area (Å²) >= 11 is 1.83. The normalized spacial score (nSPS) is 12.8. The Bertz CT molecular complexity index is 3670. The first kappa shape index (κ1) is 44.5. The molecular formula is C62H49N4OPtS-3. The van der Waals surface area contributed by atoms with Gasteiger partial charge >= 0.3 is 0 Å². The Morgan fingerprint density at radius 2 is 1.22 bits per heavy atom. The average Bonchev–Trinajstić information content (AvgIpc) is 4.03. The molecule has 1 aliphatic heterocycles. The van der Waals surface area contributed by atoms with Crippen LogP contribution in [0.1, 0.15) is 52.7 Å². The van der Waals surface area contributed by atoms with Crippen molar-refractivity contribution < 1.29 is 25.8 Å². The van der Waals surface area contributed by atoms with E-state index in [1.165, 1.54) is 31.1 Å². The first-order valence-electron chi connectivity index (χ1n) is 23.3. The van der Waals surface area contributed by atoms with Gasteiger partial charge in [0.15, 0.2) is 0 Å². The second-order valence-electron chi connectivity index (χ2n) is 19.8. The van der Waals surface area contributed by atoms with Crippen LogP contribution in [0.15, 0.2) is 182 Å². The van der Waals surface area contributed by atoms with Gasteiger partial charge in [0.05, 0.1) is 5.52 Å². The Balaban J connectivity index is 0.00000520. The van der Waals surface area contributed by atoms with E-state index in [1.807, 2.05) is 17.5 Å². The average molecular weight is 1090 g/mol. The van der Waals surface area contributed by atoms with Gasteiger partial charge in [0.25, 0.3) is 0 Å². The number of rotatable bonds is 7. The molecule has 342 valence electrons. The Morgan fingerprint density at radius 1 is 0.565 bits per heavy atom. The van der Waals surface area contributed by atoms with Crippen LogP contribution in [0.2, 0.25) is 0 Å². The summed E-state index contributed by atoms with van der Waals surface area (Å²) in [6.45, 7) is 15.7. The topological polar surface area (TPSA) is 33.5 Å². The van der Waals surface area contributed by atoms with Gasteiger partial charge in [-0.15, -0.1) is 59.6 Å². The molecule has 69 heavy (non-hydrogen) atoms. The van der Waals surface area contributed by atoms with Gasteiger partial charge in [-0.3, -0.25) is 0 Å². The van der Waals surface area contributed by atoms with Crippen LogP contribution < -0.4 is 14.5 Å². The van der Waals surface area contributed by atoms with Crippen LogP contribution in [0.4, 0.5) is 22.7 Å². The van der Waals surface area contributed by atoms with Gasteiger partial charge in [0.2, 0.25) is 0 Å². The zero-order chi connectivity index (χ0) is 46.3. The second kappa shape index (κ2) is 17.2. The zero-order valence-corrected chi connectivity index (χ0v) is 42.4. The third kappa shape index (κ3) is 7.80. The van der Waals surface area contributed by atoms with Crippen molar-refractivity contribution in [2.24, 2.45) is 0 Å². The maximum absolute atomic E-state index is 6.98. The summed E-state index contributed by atoms with van der Waals surface area (Å²) in [5.41, 5.74) is 12.9. The van der Waals surface area contributed by atoms with Crippen molar-refractivity contribution in [2.45, 2.75) is 52.4 Å². The Hall–Kier alpha value is -6.98. The smallest absolute Gasteiger partial charge is 0.135 e. The van der Waals surface area contributed by atoms with Crippen molar-refractivity contribution in [1.82, 2.24) is 9.55 Å². The molecule has 0 radical (unpaired) electrons. The summed E-state index contributed by atoms with van der Waals surface area (Å²) < 4.78 is 11.7. The molecule has 4 heterocycles. The molecule has 0 saturated carbocycles. The molecule has 3 aromatic heterocycles. The van der Waals surface area contributed by atoms with Gasteiger partial charge in [0.1, 0.15) is 5.82 Å². The fraction of sp³-hybridized carbons (Fsp3) is 0.129. The molecule has 5 nitrogen and oxygen atoms in total. The number of fused-ring (bicyclic) bond motifs is 8. The predicted molar refractivity (Wildman–Crippen MR) is 285 cm³/mol. The number of para-hydroxylation sites is 3. The van der Waals surface area contributed by atoms with E-state index in [0.717, 1.165) is 72.8 Å². The Labute approximate surface area is 422 Å². The minimum absolute atomic E-state index is 0. The zero-order valence-electron chi connectivity index (χ0n) is 39.3. The molecular weight excluding hydrogens is 1040 g/mol. The Kier molecular flexibility index (Phi) is 11.1. The Morgan fingerprint density at radius 3 is 1.91 bits per heavy atom. The van der Waals surface area contributed by atoms with E-state index in [2.05, 4.69) is 251 Å². The molecule has 7 heteroatoms. The van der Waals surface area contributed by atoms with Crippen LogP contribution in [0.25, 0.3) is 70.0 Å². The van der Waals surface area contributed by atoms with Crippen molar-refractivity contribution in [1.29, 1.82) is 0 Å². The summed E-state index contributed by atoms with van der Waals surface area (Å²) in [5, 5.41) is 4.78. The molecule has 0 aliphatic carbocycles. The van der Waals surface area contributed by atoms with Gasteiger partial charge in [-0.1, -0.05) is 174 Å². The summed E-state index contributed by atoms with van der Waals surface area (Å²) in [7, 11) is 0. The summed E-state index contributed by atoms with van der Waals surface area (Å²) in [4.78, 5) is 9.65. The van der Waals surface area contributed by atoms with E-state index in [4.69, 9.17) is 9.72 Å². The molecule has 12 rings (SSSR count). The van der Waals surface area contributed by atoms with Gasteiger partial charge < -0.3 is 19.1 Å². The largest absolute Gasteiger partial charge is 0.509 e. The fourth-order valence-corrected chi connectivity index (χ4v) is 11.0. The number of hydrogen-bond acceptors (Lipinski definition) is 5. The third-order valence-corrected chi connectivity index (χ3v) is 14.4. The molecule has 1 aliphatic rings. The number of thiophene rings is 1. The van der Waals surface area contributed by atoms with Crippen molar-refractivity contribution in [3.8, 4) is 39.6 Å². The van der Waals surface area contributed by atoms with Gasteiger partial charge in [-0.25, -0.2) is 4.98 Å². The SMILES string of the molecule is CC(C)(C)c1cc(Oc2[c-]c3c(cc2)c2sc4ccc5ccccc5c4c2n3-c2cc(C(C)(C)C)ccn2)[c-]c(N2[CH-]N(c3c(-c4ccccc4)cccc3-c3ccccc3)c3ccccc32)c1.[Pt]. The minimum Gasteiger partial charge on any atom is -0.509 e. The van der Waals surface area contributed by atoms with E-state index in [-0.39, 0.29) is 31.9 Å². The number of nitrogens with zero attached hydrogens (tertiary/aromatic N) is 4. The minimum atomic E-state index is -0.193. The van der Waals surface area contributed by atoms with E-state index < -0.39 is 0 Å². The quantitative estimate of drug-likeness (QED) is 0.149. The summed E-state index contributed by atoms with van der Waals surface area (Å²) in [6.07, 6.45) is 1.94. The van der Waals surface area contributed by atoms with Crippen molar-refractivity contribution in [3.63, 3.8) is 0 Å². The van der Waals surface area contributed by atoms with Gasteiger partial charge in [-0.05, 0) is 68.6 Å². The standard InChI is InChI=1S/C62H49N4OS.Pt/c1-61(2,3)43-32-33-63-56(36-43)66-54-38-46(29-30-51(54)60-59(66)57-48-23-14-13-22-42(48)28-31-55(57)68-60)67-47-35-44(62(4,5)6)34-45(37-47)64-39-65(53-27-16-15-26-52(53)64)58-49(40-18-9-7-10-19-40)24-17-25-50(58)41-20-11-8-12-21-41;/h7-36,39H,1-6H3;/q-3;. The third-order valence-electron chi connectivity index (χ3n) is 13.2. The first-order valence-corrected chi connectivity index (χ1v) is 24.1. The molecule has 0 spiro atoms. The predicted octanol–water partition coefficient (Wildman–Crippen LogP) is 17.3. The van der Waals surface area contributed by atoms with Crippen molar-refractivity contribution in [2.75, 3.05) is 9.80 Å². The van der Waals surface area contributed by atoms with Crippen LogP contribution in [0.3, 0.4) is 0 Å². The number of aromatic nitrogens is 2. The molecule has 0 unspecified atom stereocenters. The van der Waals surface area contributed by atoms with E-state index in [0.29, 0.717) is 11.5 Å².